The maximum atomic E-state index is 8.09. The van der Waals surface area contributed by atoms with Crippen LogP contribution in [0.2, 0.25) is 0 Å². The van der Waals surface area contributed by atoms with Crippen LogP contribution in [-0.4, -0.2) is 33.9 Å². The quantitative estimate of drug-likeness (QED) is 0.245. The predicted octanol–water partition coefficient (Wildman–Crippen LogP) is -0.300. The lowest BCUT2D eigenvalue weighted by atomic mass is 10.3. The highest BCUT2D eigenvalue weighted by atomic mass is 17.4. The van der Waals surface area contributed by atoms with Gasteiger partial charge in [-0.15, -0.1) is 0 Å². The number of hydrogen-bond donors (Lipinski definition) is 4. The van der Waals surface area contributed by atoms with Gasteiger partial charge in [0.25, 0.3) is 0 Å². The number of hydrogen-bond acceptors (Lipinski definition) is 5. The molecule has 0 atom stereocenters. The Hall–Kier alpha value is -0.200. The number of unbranched alkanes of at least 4 members (excludes halogenated alkanes) is 1. The fraction of sp³-hybridized carbons (Fsp3) is 1.00. The van der Waals surface area contributed by atoms with Crippen molar-refractivity contribution < 1.29 is 25.8 Å². The molecule has 0 saturated heterocycles. The van der Waals surface area contributed by atoms with E-state index in [1.807, 2.05) is 0 Å². The molecule has 58 valence electrons. The Bertz CT molecular complexity index is 28.1. The number of aliphatic hydroxyl groups excluding tert-OH is 2. The molecule has 0 aromatic rings. The van der Waals surface area contributed by atoms with E-state index in [0.717, 1.165) is 12.8 Å². The summed E-state index contributed by atoms with van der Waals surface area (Å²) in [6.07, 6.45) is 1.44. The van der Waals surface area contributed by atoms with Crippen molar-refractivity contribution in [1.82, 2.24) is 0 Å². The van der Waals surface area contributed by atoms with Gasteiger partial charge in [0, 0.05) is 13.2 Å². The van der Waals surface area contributed by atoms with Gasteiger partial charge in [0.15, 0.2) is 0 Å². The fourth-order valence-corrected chi connectivity index (χ4v) is 0.224. The van der Waals surface area contributed by atoms with Crippen LogP contribution >= 0.6 is 0 Å². The Morgan fingerprint density at radius 2 is 1.11 bits per heavy atom. The van der Waals surface area contributed by atoms with Crippen LogP contribution in [0.1, 0.15) is 12.8 Å². The Morgan fingerprint density at radius 1 is 0.889 bits per heavy atom. The summed E-state index contributed by atoms with van der Waals surface area (Å²) in [7, 11) is 0. The van der Waals surface area contributed by atoms with E-state index in [0.29, 0.717) is 0 Å². The molecule has 0 aliphatic rings. The molecule has 0 spiro atoms. The van der Waals surface area contributed by atoms with E-state index < -0.39 is 0 Å². The second-order valence-corrected chi connectivity index (χ2v) is 1.24. The third kappa shape index (κ3) is 33.5. The van der Waals surface area contributed by atoms with Crippen molar-refractivity contribution in [3.05, 3.63) is 0 Å². The Labute approximate surface area is 53.0 Å². The van der Waals surface area contributed by atoms with Crippen molar-refractivity contribution in [3.8, 4) is 0 Å². The van der Waals surface area contributed by atoms with Crippen LogP contribution < -0.4 is 0 Å². The van der Waals surface area contributed by atoms with E-state index in [4.69, 9.17) is 20.7 Å². The van der Waals surface area contributed by atoms with Gasteiger partial charge in [0.05, 0.1) is 0 Å². The molecule has 0 aromatic heterocycles. The highest BCUT2D eigenvalue weighted by Gasteiger charge is 1.77. The molecule has 0 rings (SSSR count). The third-order valence-electron chi connectivity index (χ3n) is 0.566. The van der Waals surface area contributed by atoms with Crippen LogP contribution in [0.25, 0.3) is 0 Å². The molecule has 0 unspecified atom stereocenters. The molecule has 0 aromatic carbocycles. The first-order chi connectivity index (χ1) is 4.33. The molecule has 0 bridgehead atoms. The smallest absolute Gasteiger partial charge is 0.0431 e. The number of rotatable bonds is 3. The predicted molar refractivity (Wildman–Crippen MR) is 29.7 cm³/mol. The molecule has 5 heteroatoms. The molecule has 9 heavy (non-hydrogen) atoms. The Kier molecular flexibility index (Phi) is 20.1. The van der Waals surface area contributed by atoms with E-state index in [2.05, 4.69) is 5.04 Å². The van der Waals surface area contributed by atoms with Crippen molar-refractivity contribution in [2.24, 2.45) is 0 Å². The average molecular weight is 140 g/mol. The molecule has 0 aliphatic heterocycles. The normalized spacial score (nSPS) is 8.00. The standard InChI is InChI=1S/C4H10O2.H2O3/c5-3-1-2-4-6;1-3-2/h5-6H,1-4H2;1-2H. The van der Waals surface area contributed by atoms with Crippen LogP contribution in [0.15, 0.2) is 0 Å². The topological polar surface area (TPSA) is 90.2 Å². The second-order valence-electron chi connectivity index (χ2n) is 1.24. The summed E-state index contributed by atoms with van der Waals surface area (Å²) in [6.45, 7) is 0.390. The van der Waals surface area contributed by atoms with Gasteiger partial charge in [0.2, 0.25) is 0 Å². The largest absolute Gasteiger partial charge is 0.396 e. The van der Waals surface area contributed by atoms with Gasteiger partial charge >= 0.3 is 0 Å². The van der Waals surface area contributed by atoms with E-state index in [1.54, 1.807) is 0 Å². The van der Waals surface area contributed by atoms with E-state index in [-0.39, 0.29) is 13.2 Å². The zero-order valence-corrected chi connectivity index (χ0v) is 5.03. The minimum Gasteiger partial charge on any atom is -0.396 e. The van der Waals surface area contributed by atoms with Gasteiger partial charge < -0.3 is 10.2 Å². The first-order valence-electron chi connectivity index (χ1n) is 2.50. The minimum atomic E-state index is 0.195. The minimum absolute atomic E-state index is 0.195. The summed E-state index contributed by atoms with van der Waals surface area (Å²) in [6, 6.07) is 0. The lowest BCUT2D eigenvalue weighted by Gasteiger charge is -1.85. The van der Waals surface area contributed by atoms with Crippen molar-refractivity contribution in [2.75, 3.05) is 13.2 Å². The summed E-state index contributed by atoms with van der Waals surface area (Å²) >= 11 is 0. The van der Waals surface area contributed by atoms with Crippen molar-refractivity contribution in [3.63, 3.8) is 0 Å². The van der Waals surface area contributed by atoms with Gasteiger partial charge in [-0.25, -0.2) is 10.5 Å². The van der Waals surface area contributed by atoms with E-state index in [9.17, 15) is 0 Å². The van der Waals surface area contributed by atoms with Gasteiger partial charge in [-0.2, -0.15) is 0 Å². The lowest BCUT2D eigenvalue weighted by Crippen LogP contribution is -1.85. The maximum absolute atomic E-state index is 8.09. The first-order valence-corrected chi connectivity index (χ1v) is 2.50. The zero-order chi connectivity index (χ0) is 7.54. The zero-order valence-electron chi connectivity index (χ0n) is 5.03. The third-order valence-corrected chi connectivity index (χ3v) is 0.566. The molecule has 0 radical (unpaired) electrons. The molecular weight excluding hydrogens is 128 g/mol. The van der Waals surface area contributed by atoms with Crippen LogP contribution in [0.4, 0.5) is 0 Å². The van der Waals surface area contributed by atoms with Crippen molar-refractivity contribution in [2.45, 2.75) is 12.8 Å². The van der Waals surface area contributed by atoms with E-state index in [1.165, 1.54) is 0 Å². The summed E-state index contributed by atoms with van der Waals surface area (Å²) in [5, 5.41) is 31.7. The van der Waals surface area contributed by atoms with Crippen LogP contribution in [-0.2, 0) is 5.04 Å². The second kappa shape index (κ2) is 15.7. The van der Waals surface area contributed by atoms with Crippen LogP contribution in [0.3, 0.4) is 0 Å². The van der Waals surface area contributed by atoms with Gasteiger partial charge in [-0.05, 0) is 12.8 Å². The summed E-state index contributed by atoms with van der Waals surface area (Å²) < 4.78 is 0. The van der Waals surface area contributed by atoms with Crippen molar-refractivity contribution >= 4 is 0 Å². The molecule has 0 amide bonds. The van der Waals surface area contributed by atoms with Gasteiger partial charge in [0.1, 0.15) is 0 Å². The summed E-state index contributed by atoms with van der Waals surface area (Å²) in [5.74, 6) is 0. The van der Waals surface area contributed by atoms with Crippen LogP contribution in [0.5, 0.6) is 0 Å². The summed E-state index contributed by atoms with van der Waals surface area (Å²) in [4.78, 5) is 0. The molecule has 0 fully saturated rings. The molecule has 0 saturated carbocycles. The maximum Gasteiger partial charge on any atom is 0.0431 e. The lowest BCUT2D eigenvalue weighted by molar-refractivity contribution is -0.465. The molecule has 0 aliphatic carbocycles. The molecule has 0 heterocycles. The Morgan fingerprint density at radius 3 is 1.22 bits per heavy atom. The van der Waals surface area contributed by atoms with Gasteiger partial charge in [-0.3, -0.25) is 0 Å². The molecular formula is C4H12O5. The fourth-order valence-electron chi connectivity index (χ4n) is 0.224. The van der Waals surface area contributed by atoms with E-state index >= 15 is 0 Å². The monoisotopic (exact) mass is 140 g/mol. The van der Waals surface area contributed by atoms with Gasteiger partial charge in [-0.1, -0.05) is 5.04 Å². The Balaban J connectivity index is 0. The molecule has 4 N–H and O–H groups in total. The average Bonchev–Trinajstić information content (AvgIpc) is 1.86. The SMILES string of the molecule is OCCCCO.OOO. The molecule has 5 nitrogen and oxygen atoms in total. The van der Waals surface area contributed by atoms with Crippen LogP contribution in [0, 0.1) is 0 Å². The first kappa shape index (κ1) is 11.6. The highest BCUT2D eigenvalue weighted by Crippen LogP contribution is 1.80. The highest BCUT2D eigenvalue weighted by molar-refractivity contribution is 4.30. The summed E-state index contributed by atoms with van der Waals surface area (Å²) in [5.41, 5.74) is 0. The number of aliphatic hydroxyl groups is 2. The van der Waals surface area contributed by atoms with Crippen molar-refractivity contribution in [1.29, 1.82) is 0 Å².